The Bertz CT molecular complexity index is 537. The van der Waals surface area contributed by atoms with Crippen LogP contribution < -0.4 is 18.9 Å². The molecule has 9 heteroatoms. The molecule has 17 heavy (non-hydrogen) atoms. The van der Waals surface area contributed by atoms with E-state index in [1.807, 2.05) is 0 Å². The van der Waals surface area contributed by atoms with Crippen molar-refractivity contribution in [1.29, 1.82) is 0 Å². The van der Waals surface area contributed by atoms with Crippen molar-refractivity contribution in [2.24, 2.45) is 0 Å². The van der Waals surface area contributed by atoms with Crippen LogP contribution in [0.3, 0.4) is 0 Å². The molecule has 1 rings (SSSR count). The molecule has 0 bridgehead atoms. The molecule has 0 aliphatic carbocycles. The summed E-state index contributed by atoms with van der Waals surface area (Å²) in [4.78, 5) is 20.4. The average molecular weight is 254 g/mol. The fourth-order valence-electron chi connectivity index (χ4n) is 0.995. The molecular formula is C8H7LiO7S. The van der Waals surface area contributed by atoms with Crippen LogP contribution in [0.15, 0.2) is 23.1 Å². The zero-order chi connectivity index (χ0) is 12.5. The van der Waals surface area contributed by atoms with Crippen LogP contribution in [0.1, 0.15) is 22.1 Å². The molecule has 1 aromatic carbocycles. The first kappa shape index (κ1) is 15.7. The third-order valence-corrected chi connectivity index (χ3v) is 2.53. The maximum absolute atomic E-state index is 10.8. The van der Waals surface area contributed by atoms with E-state index in [0.29, 0.717) is 12.1 Å². The summed E-state index contributed by atoms with van der Waals surface area (Å²) in [6.45, 7) is 0. The van der Waals surface area contributed by atoms with Crippen LogP contribution in [0.2, 0.25) is 0 Å². The van der Waals surface area contributed by atoms with E-state index in [1.54, 1.807) is 0 Å². The minimum absolute atomic E-state index is 0. The topological polar surface area (TPSA) is 129 Å². The Kier molecular flexibility index (Phi) is 4.91. The summed E-state index contributed by atoms with van der Waals surface area (Å²) in [5, 5.41) is 17.2. The summed E-state index contributed by atoms with van der Waals surface area (Å²) in [6, 6.07) is 2.13. The third kappa shape index (κ3) is 3.87. The van der Waals surface area contributed by atoms with Crippen molar-refractivity contribution >= 4 is 22.1 Å². The second-order valence-corrected chi connectivity index (χ2v) is 4.25. The standard InChI is InChI=1S/C8H6O7S.Li.H/c9-7(10)4-1-5(8(11)12)3-6(2-4)16(13,14)15;;/h1-3H,(H,9,10)(H,11,12)(H,13,14,15);;/q;+1;-1. The smallest absolute Gasteiger partial charge is 1.00 e. The first-order valence-electron chi connectivity index (χ1n) is 3.81. The van der Waals surface area contributed by atoms with Gasteiger partial charge in [-0.05, 0) is 18.2 Å². The van der Waals surface area contributed by atoms with Gasteiger partial charge in [0.05, 0.1) is 16.0 Å². The van der Waals surface area contributed by atoms with Gasteiger partial charge in [0.15, 0.2) is 0 Å². The van der Waals surface area contributed by atoms with E-state index in [-0.39, 0.29) is 20.3 Å². The second kappa shape index (κ2) is 5.33. The van der Waals surface area contributed by atoms with Gasteiger partial charge in [0.25, 0.3) is 10.1 Å². The Morgan fingerprint density at radius 3 is 1.59 bits per heavy atom. The minimum atomic E-state index is -4.64. The largest absolute Gasteiger partial charge is 1.00 e. The summed E-state index contributed by atoms with van der Waals surface area (Å²) in [5.74, 6) is -2.99. The Labute approximate surface area is 109 Å². The van der Waals surface area contributed by atoms with Gasteiger partial charge in [-0.3, -0.25) is 4.55 Å². The second-order valence-electron chi connectivity index (χ2n) is 2.83. The van der Waals surface area contributed by atoms with E-state index in [1.165, 1.54) is 0 Å². The van der Waals surface area contributed by atoms with Gasteiger partial charge in [0, 0.05) is 0 Å². The van der Waals surface area contributed by atoms with Crippen LogP contribution in [-0.4, -0.2) is 35.1 Å². The Morgan fingerprint density at radius 1 is 1.00 bits per heavy atom. The third-order valence-electron chi connectivity index (χ3n) is 1.70. The summed E-state index contributed by atoms with van der Waals surface area (Å²) in [5.41, 5.74) is -1.07. The van der Waals surface area contributed by atoms with E-state index in [4.69, 9.17) is 14.8 Å². The summed E-state index contributed by atoms with van der Waals surface area (Å²) >= 11 is 0. The van der Waals surface area contributed by atoms with Gasteiger partial charge in [0.1, 0.15) is 0 Å². The maximum atomic E-state index is 10.8. The zero-order valence-corrected chi connectivity index (χ0v) is 9.43. The van der Waals surface area contributed by atoms with Crippen molar-refractivity contribution in [1.82, 2.24) is 0 Å². The Morgan fingerprint density at radius 2 is 1.35 bits per heavy atom. The Hall–Kier alpha value is -1.33. The molecule has 0 radical (unpaired) electrons. The zero-order valence-electron chi connectivity index (χ0n) is 9.61. The van der Waals surface area contributed by atoms with Crippen molar-refractivity contribution in [3.8, 4) is 0 Å². The number of carboxylic acid groups (broad SMARTS) is 2. The first-order valence-corrected chi connectivity index (χ1v) is 5.25. The molecule has 0 fully saturated rings. The first-order chi connectivity index (χ1) is 7.21. The van der Waals surface area contributed by atoms with Crippen LogP contribution in [-0.2, 0) is 10.1 Å². The van der Waals surface area contributed by atoms with Crippen LogP contribution in [0.5, 0.6) is 0 Å². The molecule has 0 unspecified atom stereocenters. The molecular weight excluding hydrogens is 247 g/mol. The molecule has 7 nitrogen and oxygen atoms in total. The molecule has 0 saturated heterocycles. The van der Waals surface area contributed by atoms with Gasteiger partial charge in [-0.1, -0.05) is 0 Å². The van der Waals surface area contributed by atoms with Gasteiger partial charge < -0.3 is 11.6 Å². The van der Waals surface area contributed by atoms with Crippen molar-refractivity contribution in [3.63, 3.8) is 0 Å². The van der Waals surface area contributed by atoms with E-state index < -0.39 is 38.1 Å². The van der Waals surface area contributed by atoms with Gasteiger partial charge in [-0.25, -0.2) is 9.59 Å². The number of hydrogen-bond acceptors (Lipinski definition) is 4. The van der Waals surface area contributed by atoms with E-state index >= 15 is 0 Å². The van der Waals surface area contributed by atoms with Crippen LogP contribution >= 0.6 is 0 Å². The quantitative estimate of drug-likeness (QED) is 0.400. The molecule has 0 amide bonds. The van der Waals surface area contributed by atoms with E-state index in [2.05, 4.69) is 0 Å². The normalized spacial score (nSPS) is 10.4. The van der Waals surface area contributed by atoms with Crippen LogP contribution in [0.4, 0.5) is 0 Å². The molecule has 1 aromatic rings. The maximum Gasteiger partial charge on any atom is 1.00 e. The summed E-state index contributed by atoms with van der Waals surface area (Å²) < 4.78 is 30.2. The van der Waals surface area contributed by atoms with Gasteiger partial charge in [-0.2, -0.15) is 8.42 Å². The number of carbonyl (C=O) groups is 2. The molecule has 0 aliphatic rings. The van der Waals surface area contributed by atoms with Crippen molar-refractivity contribution in [2.45, 2.75) is 4.90 Å². The average Bonchev–Trinajstić information content (AvgIpc) is 2.15. The number of rotatable bonds is 3. The van der Waals surface area contributed by atoms with Gasteiger partial charge >= 0.3 is 30.8 Å². The van der Waals surface area contributed by atoms with Gasteiger partial charge in [0.2, 0.25) is 0 Å². The fourth-order valence-corrected chi connectivity index (χ4v) is 1.55. The molecule has 0 aromatic heterocycles. The Balaban J connectivity index is 0. The molecule has 88 valence electrons. The molecule has 0 saturated carbocycles. The number of hydrogen-bond donors (Lipinski definition) is 3. The van der Waals surface area contributed by atoms with Crippen molar-refractivity contribution < 1.29 is 53.1 Å². The number of carboxylic acids is 2. The van der Waals surface area contributed by atoms with Crippen LogP contribution in [0.25, 0.3) is 0 Å². The van der Waals surface area contributed by atoms with E-state index in [0.717, 1.165) is 6.07 Å². The molecule has 0 atom stereocenters. The summed E-state index contributed by atoms with van der Waals surface area (Å²) in [7, 11) is -4.64. The molecule has 3 N–H and O–H groups in total. The SMILES string of the molecule is O=C(O)c1cc(C(=O)O)cc(S(=O)(=O)O)c1.[H-].[Li+]. The van der Waals surface area contributed by atoms with E-state index in [9.17, 15) is 18.0 Å². The monoisotopic (exact) mass is 254 g/mol. The molecule has 0 aliphatic heterocycles. The molecule has 0 heterocycles. The van der Waals surface area contributed by atoms with Crippen molar-refractivity contribution in [2.75, 3.05) is 0 Å². The predicted octanol–water partition coefficient (Wildman–Crippen LogP) is -2.55. The predicted molar refractivity (Wildman–Crippen MR) is 51.3 cm³/mol. The number of benzene rings is 1. The van der Waals surface area contributed by atoms with Crippen molar-refractivity contribution in [3.05, 3.63) is 29.3 Å². The minimum Gasteiger partial charge on any atom is -1.00 e. The van der Waals surface area contributed by atoms with Crippen LogP contribution in [0, 0.1) is 0 Å². The fraction of sp³-hybridized carbons (Fsp3) is 0. The number of aromatic carboxylic acids is 2. The molecule has 0 spiro atoms. The summed E-state index contributed by atoms with van der Waals surface area (Å²) in [6.07, 6.45) is 0. The van der Waals surface area contributed by atoms with Gasteiger partial charge in [-0.15, -0.1) is 0 Å².